The quantitative estimate of drug-likeness (QED) is 0.777. The maximum Gasteiger partial charge on any atom is 0.410 e. The molecule has 1 aliphatic heterocycles. The Hall–Kier alpha value is -3.10. The molecule has 1 fully saturated rings. The highest BCUT2D eigenvalue weighted by Gasteiger charge is 2.27. The molecule has 162 valence electrons. The Morgan fingerprint density at radius 1 is 1.20 bits per heavy atom. The Kier molecular flexibility index (Phi) is 6.28. The van der Waals surface area contributed by atoms with Crippen LogP contribution in [0.4, 0.5) is 16.2 Å². The molecule has 30 heavy (non-hydrogen) atoms. The molecule has 3 heterocycles. The summed E-state index contributed by atoms with van der Waals surface area (Å²) in [5.74, 6) is -1.02. The summed E-state index contributed by atoms with van der Waals surface area (Å²) in [5, 5.41) is 17.0. The first-order valence-corrected chi connectivity index (χ1v) is 10.1. The van der Waals surface area contributed by atoms with Crippen molar-refractivity contribution in [2.24, 2.45) is 0 Å². The number of hydrogen-bond acceptors (Lipinski definition) is 6. The van der Waals surface area contributed by atoms with Crippen molar-refractivity contribution < 1.29 is 19.4 Å². The average molecular weight is 415 g/mol. The van der Waals surface area contributed by atoms with Gasteiger partial charge in [-0.2, -0.15) is 5.10 Å². The average Bonchev–Trinajstić information content (AvgIpc) is 2.88. The molecule has 0 bridgehead atoms. The largest absolute Gasteiger partial charge is 0.478 e. The molecule has 2 N–H and O–H groups in total. The Balaban J connectivity index is 1.70. The number of aromatic carboxylic acids is 1. The number of amides is 1. The molecule has 2 aromatic heterocycles. The minimum absolute atomic E-state index is 0.152. The van der Waals surface area contributed by atoms with Crippen LogP contribution in [0.25, 0.3) is 0 Å². The van der Waals surface area contributed by atoms with Crippen LogP contribution in [0.2, 0.25) is 0 Å². The molecule has 9 heteroatoms. The lowest BCUT2D eigenvalue weighted by atomic mass is 10.1. The first-order valence-electron chi connectivity index (χ1n) is 10.1. The second-order valence-electron chi connectivity index (χ2n) is 8.49. The third kappa shape index (κ3) is 5.08. The first kappa shape index (κ1) is 21.6. The number of ether oxygens (including phenoxy) is 1. The number of rotatable bonds is 4. The number of aromatic nitrogens is 3. The van der Waals surface area contributed by atoms with E-state index in [1.807, 2.05) is 32.4 Å². The topological polar surface area (TPSA) is 110 Å². The second-order valence-corrected chi connectivity index (χ2v) is 8.49. The van der Waals surface area contributed by atoms with E-state index in [0.29, 0.717) is 18.8 Å². The van der Waals surface area contributed by atoms with Gasteiger partial charge in [-0.1, -0.05) is 0 Å². The smallest absolute Gasteiger partial charge is 0.410 e. The fourth-order valence-electron chi connectivity index (χ4n) is 3.57. The lowest BCUT2D eigenvalue weighted by molar-refractivity contribution is 0.0255. The number of nitrogens with zero attached hydrogens (tertiary/aromatic N) is 4. The number of nitrogens with one attached hydrogen (secondary N) is 1. The van der Waals surface area contributed by atoms with E-state index in [-0.39, 0.29) is 17.7 Å². The fraction of sp³-hybridized carbons (Fsp3) is 0.524. The zero-order chi connectivity index (χ0) is 21.9. The molecule has 1 atom stereocenters. The van der Waals surface area contributed by atoms with E-state index in [9.17, 15) is 14.7 Å². The molecule has 0 aliphatic carbocycles. The van der Waals surface area contributed by atoms with E-state index < -0.39 is 11.6 Å². The molecule has 3 rings (SSSR count). The van der Waals surface area contributed by atoms with Crippen molar-refractivity contribution in [3.63, 3.8) is 0 Å². The van der Waals surface area contributed by atoms with Gasteiger partial charge in [0.15, 0.2) is 0 Å². The first-order chi connectivity index (χ1) is 14.2. The van der Waals surface area contributed by atoms with Gasteiger partial charge >= 0.3 is 12.1 Å². The van der Waals surface area contributed by atoms with Crippen LogP contribution in [0.1, 0.15) is 62.1 Å². The normalized spacial score (nSPS) is 17.3. The van der Waals surface area contributed by atoms with Crippen molar-refractivity contribution in [1.82, 2.24) is 19.7 Å². The van der Waals surface area contributed by atoms with Crippen molar-refractivity contribution >= 4 is 23.4 Å². The molecule has 9 nitrogen and oxygen atoms in total. The van der Waals surface area contributed by atoms with Crippen LogP contribution < -0.4 is 5.32 Å². The Morgan fingerprint density at radius 2 is 1.97 bits per heavy atom. The molecule has 1 aliphatic rings. The maximum absolute atomic E-state index is 12.4. The van der Waals surface area contributed by atoms with E-state index in [2.05, 4.69) is 15.4 Å². The molecule has 2 aromatic rings. The highest BCUT2D eigenvalue weighted by Crippen LogP contribution is 2.29. The summed E-state index contributed by atoms with van der Waals surface area (Å²) in [6.45, 7) is 8.81. The number of carboxylic acid groups (broad SMARTS) is 1. The molecule has 1 amide bonds. The molecular weight excluding hydrogens is 386 g/mol. The SMILES string of the molecule is Cc1c(Nc2cnccc2C(=O)O)cnn1C1CCCN(C(=O)OC(C)(C)C)CC1. The van der Waals surface area contributed by atoms with E-state index in [4.69, 9.17) is 4.74 Å². The number of carbonyl (C=O) groups is 2. The zero-order valence-corrected chi connectivity index (χ0v) is 17.9. The molecule has 0 aromatic carbocycles. The molecular formula is C21H29N5O4. The number of carbonyl (C=O) groups excluding carboxylic acids is 1. The van der Waals surface area contributed by atoms with Gasteiger partial charge in [-0.3, -0.25) is 9.67 Å². The lowest BCUT2D eigenvalue weighted by Gasteiger charge is -2.26. The van der Waals surface area contributed by atoms with E-state index in [0.717, 1.165) is 30.6 Å². The summed E-state index contributed by atoms with van der Waals surface area (Å²) in [7, 11) is 0. The highest BCUT2D eigenvalue weighted by molar-refractivity contribution is 5.94. The minimum atomic E-state index is -1.02. The third-order valence-electron chi connectivity index (χ3n) is 5.06. The Labute approximate surface area is 176 Å². The van der Waals surface area contributed by atoms with Gasteiger partial charge < -0.3 is 20.1 Å². The molecule has 1 saturated heterocycles. The molecule has 0 radical (unpaired) electrons. The van der Waals surface area contributed by atoms with Crippen molar-refractivity contribution in [2.45, 2.75) is 58.6 Å². The predicted octanol–water partition coefficient (Wildman–Crippen LogP) is 3.99. The Bertz CT molecular complexity index is 918. The highest BCUT2D eigenvalue weighted by atomic mass is 16.6. The van der Waals surface area contributed by atoms with Crippen LogP contribution in [0.5, 0.6) is 0 Å². The van der Waals surface area contributed by atoms with E-state index >= 15 is 0 Å². The van der Waals surface area contributed by atoms with Gasteiger partial charge in [0.05, 0.1) is 41.1 Å². The van der Waals surface area contributed by atoms with Gasteiger partial charge in [0.2, 0.25) is 0 Å². The van der Waals surface area contributed by atoms with Crippen LogP contribution in [-0.2, 0) is 4.74 Å². The number of hydrogen-bond donors (Lipinski definition) is 2. The summed E-state index contributed by atoms with van der Waals surface area (Å²) in [5.41, 5.74) is 1.71. The van der Waals surface area contributed by atoms with Gasteiger partial charge in [-0.25, -0.2) is 9.59 Å². The van der Waals surface area contributed by atoms with Gasteiger partial charge in [0.25, 0.3) is 0 Å². The summed E-state index contributed by atoms with van der Waals surface area (Å²) in [6, 6.07) is 1.61. The summed E-state index contributed by atoms with van der Waals surface area (Å²) < 4.78 is 7.46. The summed E-state index contributed by atoms with van der Waals surface area (Å²) in [4.78, 5) is 29.6. The maximum atomic E-state index is 12.4. The zero-order valence-electron chi connectivity index (χ0n) is 17.9. The van der Waals surface area contributed by atoms with Crippen LogP contribution in [-0.4, -0.2) is 55.5 Å². The van der Waals surface area contributed by atoms with Crippen LogP contribution >= 0.6 is 0 Å². The predicted molar refractivity (Wildman–Crippen MR) is 112 cm³/mol. The van der Waals surface area contributed by atoms with Gasteiger partial charge in [-0.05, 0) is 53.0 Å². The van der Waals surface area contributed by atoms with Gasteiger partial charge in [0.1, 0.15) is 5.60 Å². The standard InChI is InChI=1S/C21H29N5O4/c1-14-17(24-18-12-22-9-7-16(18)19(27)28)13-23-26(14)15-6-5-10-25(11-8-15)20(29)30-21(2,3)4/h7,9,12-13,15,24H,5-6,8,10-11H2,1-4H3,(H,27,28). The third-order valence-corrected chi connectivity index (χ3v) is 5.06. The van der Waals surface area contributed by atoms with E-state index in [1.54, 1.807) is 11.1 Å². The minimum Gasteiger partial charge on any atom is -0.478 e. The number of likely N-dealkylation sites (tertiary alicyclic amines) is 1. The molecule has 1 unspecified atom stereocenters. The van der Waals surface area contributed by atoms with Gasteiger partial charge in [-0.15, -0.1) is 0 Å². The van der Waals surface area contributed by atoms with Crippen molar-refractivity contribution in [3.05, 3.63) is 35.9 Å². The van der Waals surface area contributed by atoms with Crippen molar-refractivity contribution in [3.8, 4) is 0 Å². The second kappa shape index (κ2) is 8.73. The monoisotopic (exact) mass is 415 g/mol. The van der Waals surface area contributed by atoms with Crippen LogP contribution in [0, 0.1) is 6.92 Å². The summed E-state index contributed by atoms with van der Waals surface area (Å²) in [6.07, 6.45) is 6.89. The van der Waals surface area contributed by atoms with Gasteiger partial charge in [0, 0.05) is 19.3 Å². The van der Waals surface area contributed by atoms with Crippen molar-refractivity contribution in [1.29, 1.82) is 0 Å². The lowest BCUT2D eigenvalue weighted by Crippen LogP contribution is -2.37. The number of pyridine rings is 1. The van der Waals surface area contributed by atoms with Crippen LogP contribution in [0.15, 0.2) is 24.7 Å². The van der Waals surface area contributed by atoms with Crippen molar-refractivity contribution in [2.75, 3.05) is 18.4 Å². The Morgan fingerprint density at radius 3 is 2.67 bits per heavy atom. The number of carboxylic acids is 1. The van der Waals surface area contributed by atoms with E-state index in [1.165, 1.54) is 18.5 Å². The fourth-order valence-corrected chi connectivity index (χ4v) is 3.57. The number of anilines is 2. The molecule has 0 saturated carbocycles. The van der Waals surface area contributed by atoms with Crippen LogP contribution in [0.3, 0.4) is 0 Å². The summed E-state index contributed by atoms with van der Waals surface area (Å²) >= 11 is 0. The molecule has 0 spiro atoms.